The first-order valence-electron chi connectivity index (χ1n) is 8.45. The zero-order chi connectivity index (χ0) is 14.4. The second-order valence-corrected chi connectivity index (χ2v) is 7.22. The van der Waals surface area contributed by atoms with Crippen LogP contribution in [0.25, 0.3) is 0 Å². The molecule has 0 bridgehead atoms. The monoisotopic (exact) mass is 268 g/mol. The first kappa shape index (κ1) is 17.0. The lowest BCUT2D eigenvalue weighted by atomic mass is 9.75. The number of rotatable bonds is 7. The lowest BCUT2D eigenvalue weighted by molar-refractivity contribution is 0.0463. The molecule has 0 saturated heterocycles. The Morgan fingerprint density at radius 2 is 1.84 bits per heavy atom. The van der Waals surface area contributed by atoms with Gasteiger partial charge in [-0.2, -0.15) is 0 Å². The van der Waals surface area contributed by atoms with Crippen LogP contribution in [-0.2, 0) is 0 Å². The van der Waals surface area contributed by atoms with Crippen LogP contribution >= 0.6 is 0 Å². The fourth-order valence-electron chi connectivity index (χ4n) is 3.80. The van der Waals surface area contributed by atoms with Crippen molar-refractivity contribution in [3.8, 4) is 0 Å². The standard InChI is InChI=1S/C17H36N2/c1-6-7-15-8-9-16(11-18)17(10-15)19(14(4)5)12-13(2)3/h13-17H,6-12,18H2,1-5H3. The molecule has 0 amide bonds. The molecule has 1 saturated carbocycles. The van der Waals surface area contributed by atoms with Crippen LogP contribution < -0.4 is 5.73 Å². The number of hydrogen-bond acceptors (Lipinski definition) is 2. The summed E-state index contributed by atoms with van der Waals surface area (Å²) < 4.78 is 0. The lowest BCUT2D eigenvalue weighted by Crippen LogP contribution is -2.51. The predicted molar refractivity (Wildman–Crippen MR) is 85.3 cm³/mol. The maximum absolute atomic E-state index is 6.06. The van der Waals surface area contributed by atoms with E-state index in [2.05, 4.69) is 39.5 Å². The van der Waals surface area contributed by atoms with E-state index in [1.54, 1.807) is 0 Å². The van der Waals surface area contributed by atoms with E-state index in [1.807, 2.05) is 0 Å². The van der Waals surface area contributed by atoms with Crippen LogP contribution in [0, 0.1) is 17.8 Å². The Bertz CT molecular complexity index is 237. The van der Waals surface area contributed by atoms with Gasteiger partial charge in [0.25, 0.3) is 0 Å². The van der Waals surface area contributed by atoms with Crippen molar-refractivity contribution < 1.29 is 0 Å². The molecule has 1 fully saturated rings. The molecule has 19 heavy (non-hydrogen) atoms. The summed E-state index contributed by atoms with van der Waals surface area (Å²) in [5.74, 6) is 2.40. The highest BCUT2D eigenvalue weighted by Gasteiger charge is 2.34. The van der Waals surface area contributed by atoms with E-state index in [4.69, 9.17) is 5.73 Å². The normalized spacial score (nSPS) is 28.6. The maximum Gasteiger partial charge on any atom is 0.0141 e. The molecule has 1 rings (SSSR count). The lowest BCUT2D eigenvalue weighted by Gasteiger charge is -2.45. The van der Waals surface area contributed by atoms with Gasteiger partial charge in [-0.1, -0.05) is 40.0 Å². The van der Waals surface area contributed by atoms with Crippen LogP contribution in [0.15, 0.2) is 0 Å². The van der Waals surface area contributed by atoms with E-state index < -0.39 is 0 Å². The van der Waals surface area contributed by atoms with Crippen molar-refractivity contribution in [2.75, 3.05) is 13.1 Å². The van der Waals surface area contributed by atoms with Gasteiger partial charge < -0.3 is 5.73 Å². The second-order valence-electron chi connectivity index (χ2n) is 7.22. The van der Waals surface area contributed by atoms with Crippen molar-refractivity contribution in [3.63, 3.8) is 0 Å². The average molecular weight is 268 g/mol. The van der Waals surface area contributed by atoms with Crippen molar-refractivity contribution in [2.45, 2.75) is 78.8 Å². The molecule has 114 valence electrons. The van der Waals surface area contributed by atoms with Gasteiger partial charge in [0.2, 0.25) is 0 Å². The zero-order valence-electron chi connectivity index (χ0n) is 13.9. The largest absolute Gasteiger partial charge is 0.330 e. The Hall–Kier alpha value is -0.0800. The molecule has 3 unspecified atom stereocenters. The summed E-state index contributed by atoms with van der Waals surface area (Å²) in [6, 6.07) is 1.36. The molecule has 1 aliphatic carbocycles. The molecular formula is C17H36N2. The quantitative estimate of drug-likeness (QED) is 0.759. The van der Waals surface area contributed by atoms with E-state index in [1.165, 1.54) is 38.6 Å². The molecule has 3 atom stereocenters. The van der Waals surface area contributed by atoms with Crippen molar-refractivity contribution in [1.29, 1.82) is 0 Å². The Labute approximate surface area is 121 Å². The topological polar surface area (TPSA) is 29.3 Å². The Morgan fingerprint density at radius 3 is 2.32 bits per heavy atom. The molecule has 0 aliphatic heterocycles. The highest BCUT2D eigenvalue weighted by molar-refractivity contribution is 4.89. The molecule has 2 N–H and O–H groups in total. The van der Waals surface area contributed by atoms with Gasteiger partial charge in [-0.25, -0.2) is 0 Å². The first-order chi connectivity index (χ1) is 8.99. The van der Waals surface area contributed by atoms with Gasteiger partial charge in [0.1, 0.15) is 0 Å². The van der Waals surface area contributed by atoms with Crippen molar-refractivity contribution in [1.82, 2.24) is 4.90 Å². The summed E-state index contributed by atoms with van der Waals surface area (Å²) in [5, 5.41) is 0. The number of hydrogen-bond donors (Lipinski definition) is 1. The number of nitrogens with two attached hydrogens (primary N) is 1. The summed E-state index contributed by atoms with van der Waals surface area (Å²) in [6.07, 6.45) is 6.85. The van der Waals surface area contributed by atoms with E-state index >= 15 is 0 Å². The zero-order valence-corrected chi connectivity index (χ0v) is 13.9. The van der Waals surface area contributed by atoms with Gasteiger partial charge in [0.15, 0.2) is 0 Å². The van der Waals surface area contributed by atoms with Gasteiger partial charge in [-0.3, -0.25) is 4.90 Å². The minimum Gasteiger partial charge on any atom is -0.330 e. The van der Waals surface area contributed by atoms with E-state index in [9.17, 15) is 0 Å². The summed E-state index contributed by atoms with van der Waals surface area (Å²) in [4.78, 5) is 2.74. The van der Waals surface area contributed by atoms with Crippen LogP contribution in [0.3, 0.4) is 0 Å². The molecule has 0 radical (unpaired) electrons. The highest BCUT2D eigenvalue weighted by Crippen LogP contribution is 2.35. The molecule has 2 heteroatoms. The highest BCUT2D eigenvalue weighted by atomic mass is 15.2. The molecule has 1 aliphatic rings. The van der Waals surface area contributed by atoms with E-state index in [0.717, 1.165) is 24.4 Å². The van der Waals surface area contributed by atoms with Gasteiger partial charge in [0.05, 0.1) is 0 Å². The molecule has 0 heterocycles. The van der Waals surface area contributed by atoms with Crippen LogP contribution in [-0.4, -0.2) is 30.1 Å². The third kappa shape index (κ3) is 5.07. The Kier molecular flexibility index (Phi) is 7.38. The molecule has 0 aromatic carbocycles. The second kappa shape index (κ2) is 8.26. The predicted octanol–water partition coefficient (Wildman–Crippen LogP) is 3.90. The molecule has 0 aromatic rings. The minimum atomic E-state index is 0.641. The minimum absolute atomic E-state index is 0.641. The number of nitrogens with zero attached hydrogens (tertiary/aromatic N) is 1. The van der Waals surface area contributed by atoms with Crippen molar-refractivity contribution in [2.24, 2.45) is 23.5 Å². The maximum atomic E-state index is 6.06. The fraction of sp³-hybridized carbons (Fsp3) is 1.00. The van der Waals surface area contributed by atoms with Crippen LogP contribution in [0.1, 0.15) is 66.7 Å². The third-order valence-electron chi connectivity index (χ3n) is 4.73. The average Bonchev–Trinajstić information content (AvgIpc) is 2.36. The molecule has 0 aromatic heterocycles. The first-order valence-corrected chi connectivity index (χ1v) is 8.45. The van der Waals surface area contributed by atoms with Crippen LogP contribution in [0.2, 0.25) is 0 Å². The summed E-state index contributed by atoms with van der Waals surface area (Å²) >= 11 is 0. The van der Waals surface area contributed by atoms with Gasteiger partial charge in [-0.15, -0.1) is 0 Å². The molecule has 0 spiro atoms. The van der Waals surface area contributed by atoms with Crippen molar-refractivity contribution >= 4 is 0 Å². The van der Waals surface area contributed by atoms with Gasteiger partial charge >= 0.3 is 0 Å². The summed E-state index contributed by atoms with van der Waals surface area (Å²) in [7, 11) is 0. The van der Waals surface area contributed by atoms with E-state index in [-0.39, 0.29) is 0 Å². The summed E-state index contributed by atoms with van der Waals surface area (Å²) in [5.41, 5.74) is 6.06. The van der Waals surface area contributed by atoms with E-state index in [0.29, 0.717) is 12.0 Å². The fourth-order valence-corrected chi connectivity index (χ4v) is 3.80. The van der Waals surface area contributed by atoms with Crippen LogP contribution in [0.5, 0.6) is 0 Å². The SMILES string of the molecule is CCCC1CCC(CN)C(N(CC(C)C)C(C)C)C1. The molecular weight excluding hydrogens is 232 g/mol. The van der Waals surface area contributed by atoms with Gasteiger partial charge in [0, 0.05) is 18.6 Å². The summed E-state index contributed by atoms with van der Waals surface area (Å²) in [6.45, 7) is 13.8. The van der Waals surface area contributed by atoms with Crippen molar-refractivity contribution in [3.05, 3.63) is 0 Å². The third-order valence-corrected chi connectivity index (χ3v) is 4.73. The van der Waals surface area contributed by atoms with Gasteiger partial charge in [-0.05, 0) is 51.0 Å². The van der Waals surface area contributed by atoms with Crippen LogP contribution in [0.4, 0.5) is 0 Å². The molecule has 2 nitrogen and oxygen atoms in total. The Balaban J connectivity index is 2.75. The Morgan fingerprint density at radius 1 is 1.16 bits per heavy atom. The smallest absolute Gasteiger partial charge is 0.0141 e.